The standard InChI is InChI=1S/C18H21NO3/c1-12-5-8-17(11-13(12)2)22-14(3)18(20)19-15-6-9-16(21-4)10-7-15/h5-11,14H,1-4H3,(H,19,20). The Bertz CT molecular complexity index is 650. The summed E-state index contributed by atoms with van der Waals surface area (Å²) in [5.41, 5.74) is 3.05. The lowest BCUT2D eigenvalue weighted by molar-refractivity contribution is -0.122. The predicted octanol–water partition coefficient (Wildman–Crippen LogP) is 3.72. The van der Waals surface area contributed by atoms with E-state index in [1.807, 2.05) is 32.0 Å². The van der Waals surface area contributed by atoms with Crippen LogP contribution in [0.1, 0.15) is 18.1 Å². The lowest BCUT2D eigenvalue weighted by atomic mass is 10.1. The van der Waals surface area contributed by atoms with E-state index in [0.29, 0.717) is 11.4 Å². The molecule has 0 aromatic heterocycles. The molecule has 0 radical (unpaired) electrons. The molecule has 4 heteroatoms. The molecule has 0 spiro atoms. The molecule has 4 nitrogen and oxygen atoms in total. The monoisotopic (exact) mass is 299 g/mol. The SMILES string of the molecule is COc1ccc(NC(=O)C(C)Oc2ccc(C)c(C)c2)cc1. The second-order valence-electron chi connectivity index (χ2n) is 5.22. The number of aryl methyl sites for hydroxylation is 2. The Morgan fingerprint density at radius 3 is 2.23 bits per heavy atom. The Kier molecular flexibility index (Phi) is 5.04. The van der Waals surface area contributed by atoms with E-state index in [4.69, 9.17) is 9.47 Å². The van der Waals surface area contributed by atoms with Gasteiger partial charge in [-0.15, -0.1) is 0 Å². The highest BCUT2D eigenvalue weighted by Gasteiger charge is 2.15. The molecular formula is C18H21NO3. The Hall–Kier alpha value is -2.49. The second kappa shape index (κ2) is 6.98. The number of methoxy groups -OCH3 is 1. The van der Waals surface area contributed by atoms with E-state index >= 15 is 0 Å². The molecule has 0 aliphatic rings. The molecule has 0 saturated carbocycles. The zero-order valence-electron chi connectivity index (χ0n) is 13.3. The Morgan fingerprint density at radius 1 is 1.00 bits per heavy atom. The van der Waals surface area contributed by atoms with Crippen LogP contribution in [0.5, 0.6) is 11.5 Å². The quantitative estimate of drug-likeness (QED) is 0.915. The fourth-order valence-corrected chi connectivity index (χ4v) is 1.96. The molecule has 0 aliphatic heterocycles. The van der Waals surface area contributed by atoms with E-state index in [9.17, 15) is 4.79 Å². The van der Waals surface area contributed by atoms with Gasteiger partial charge in [0, 0.05) is 5.69 Å². The number of anilines is 1. The van der Waals surface area contributed by atoms with Crippen LogP contribution in [0.4, 0.5) is 5.69 Å². The molecule has 1 N–H and O–H groups in total. The average Bonchev–Trinajstić information content (AvgIpc) is 2.51. The molecule has 0 bridgehead atoms. The summed E-state index contributed by atoms with van der Waals surface area (Å²) < 4.78 is 10.8. The predicted molar refractivity (Wildman–Crippen MR) is 87.6 cm³/mol. The third-order valence-electron chi connectivity index (χ3n) is 3.52. The van der Waals surface area contributed by atoms with Crippen LogP contribution in [-0.4, -0.2) is 19.1 Å². The first-order valence-electron chi connectivity index (χ1n) is 7.18. The molecule has 116 valence electrons. The van der Waals surface area contributed by atoms with E-state index in [2.05, 4.69) is 5.32 Å². The van der Waals surface area contributed by atoms with Crippen molar-refractivity contribution in [3.8, 4) is 11.5 Å². The zero-order valence-corrected chi connectivity index (χ0v) is 13.3. The summed E-state index contributed by atoms with van der Waals surface area (Å²) in [6.07, 6.45) is -0.579. The number of nitrogens with one attached hydrogen (secondary N) is 1. The molecule has 0 saturated heterocycles. The third kappa shape index (κ3) is 4.01. The van der Waals surface area contributed by atoms with Crippen LogP contribution in [0, 0.1) is 13.8 Å². The molecule has 2 rings (SSSR count). The Balaban J connectivity index is 1.97. The van der Waals surface area contributed by atoms with Crippen LogP contribution in [0.2, 0.25) is 0 Å². The molecule has 1 amide bonds. The Labute approximate surface area is 131 Å². The number of ether oxygens (including phenoxy) is 2. The molecule has 2 aromatic rings. The van der Waals surface area contributed by atoms with Crippen LogP contribution >= 0.6 is 0 Å². The first-order valence-corrected chi connectivity index (χ1v) is 7.18. The molecule has 0 aliphatic carbocycles. The van der Waals surface area contributed by atoms with Crippen LogP contribution in [0.15, 0.2) is 42.5 Å². The third-order valence-corrected chi connectivity index (χ3v) is 3.52. The molecule has 1 unspecified atom stereocenters. The summed E-state index contributed by atoms with van der Waals surface area (Å²) in [7, 11) is 1.60. The average molecular weight is 299 g/mol. The van der Waals surface area contributed by atoms with Crippen molar-refractivity contribution in [2.75, 3.05) is 12.4 Å². The van der Waals surface area contributed by atoms with Crippen molar-refractivity contribution in [1.29, 1.82) is 0 Å². The topological polar surface area (TPSA) is 47.6 Å². The first-order chi connectivity index (χ1) is 10.5. The molecule has 2 aromatic carbocycles. The maximum absolute atomic E-state index is 12.2. The minimum absolute atomic E-state index is 0.191. The number of hydrogen-bond donors (Lipinski definition) is 1. The number of rotatable bonds is 5. The molecule has 0 heterocycles. The lowest BCUT2D eigenvalue weighted by Gasteiger charge is -2.15. The number of hydrogen-bond acceptors (Lipinski definition) is 3. The van der Waals surface area contributed by atoms with Gasteiger partial charge in [-0.3, -0.25) is 4.79 Å². The van der Waals surface area contributed by atoms with Crippen molar-refractivity contribution in [2.45, 2.75) is 26.9 Å². The van der Waals surface area contributed by atoms with Gasteiger partial charge in [0.15, 0.2) is 6.10 Å². The van der Waals surface area contributed by atoms with Crippen molar-refractivity contribution >= 4 is 11.6 Å². The van der Waals surface area contributed by atoms with Gasteiger partial charge in [-0.25, -0.2) is 0 Å². The first kappa shape index (κ1) is 15.9. The lowest BCUT2D eigenvalue weighted by Crippen LogP contribution is -2.30. The molecule has 0 fully saturated rings. The van der Waals surface area contributed by atoms with Gasteiger partial charge in [0.25, 0.3) is 5.91 Å². The fourth-order valence-electron chi connectivity index (χ4n) is 1.96. The highest BCUT2D eigenvalue weighted by Crippen LogP contribution is 2.19. The van der Waals surface area contributed by atoms with E-state index in [0.717, 1.165) is 11.3 Å². The molecule has 22 heavy (non-hydrogen) atoms. The van der Waals surface area contributed by atoms with Crippen molar-refractivity contribution in [1.82, 2.24) is 0 Å². The van der Waals surface area contributed by atoms with Gasteiger partial charge < -0.3 is 14.8 Å². The minimum Gasteiger partial charge on any atom is -0.497 e. The van der Waals surface area contributed by atoms with Gasteiger partial charge >= 0.3 is 0 Å². The van der Waals surface area contributed by atoms with Gasteiger partial charge in [-0.1, -0.05) is 6.07 Å². The number of carbonyl (C=O) groups is 1. The van der Waals surface area contributed by atoms with Gasteiger partial charge in [-0.2, -0.15) is 0 Å². The summed E-state index contributed by atoms with van der Waals surface area (Å²) >= 11 is 0. The summed E-state index contributed by atoms with van der Waals surface area (Å²) in [5.74, 6) is 1.25. The summed E-state index contributed by atoms with van der Waals surface area (Å²) in [6.45, 7) is 5.79. The van der Waals surface area contributed by atoms with Crippen LogP contribution in [-0.2, 0) is 4.79 Å². The van der Waals surface area contributed by atoms with Crippen molar-refractivity contribution in [3.63, 3.8) is 0 Å². The van der Waals surface area contributed by atoms with E-state index < -0.39 is 6.10 Å². The minimum atomic E-state index is -0.579. The number of benzene rings is 2. The summed E-state index contributed by atoms with van der Waals surface area (Å²) in [4.78, 5) is 12.2. The highest BCUT2D eigenvalue weighted by molar-refractivity contribution is 5.94. The maximum Gasteiger partial charge on any atom is 0.265 e. The van der Waals surface area contributed by atoms with E-state index in [1.165, 1.54) is 5.56 Å². The van der Waals surface area contributed by atoms with Crippen LogP contribution in [0.3, 0.4) is 0 Å². The molecule has 1 atom stereocenters. The largest absolute Gasteiger partial charge is 0.497 e. The van der Waals surface area contributed by atoms with Gasteiger partial charge in [-0.05, 0) is 68.3 Å². The fraction of sp³-hybridized carbons (Fsp3) is 0.278. The van der Waals surface area contributed by atoms with Gasteiger partial charge in [0.1, 0.15) is 11.5 Å². The van der Waals surface area contributed by atoms with E-state index in [1.54, 1.807) is 38.3 Å². The highest BCUT2D eigenvalue weighted by atomic mass is 16.5. The van der Waals surface area contributed by atoms with E-state index in [-0.39, 0.29) is 5.91 Å². The van der Waals surface area contributed by atoms with Gasteiger partial charge in [0.05, 0.1) is 7.11 Å². The number of carbonyl (C=O) groups excluding carboxylic acids is 1. The smallest absolute Gasteiger partial charge is 0.265 e. The van der Waals surface area contributed by atoms with Crippen LogP contribution < -0.4 is 14.8 Å². The maximum atomic E-state index is 12.2. The normalized spacial score (nSPS) is 11.6. The zero-order chi connectivity index (χ0) is 16.1. The van der Waals surface area contributed by atoms with Crippen molar-refractivity contribution in [3.05, 3.63) is 53.6 Å². The van der Waals surface area contributed by atoms with Gasteiger partial charge in [0.2, 0.25) is 0 Å². The number of amides is 1. The van der Waals surface area contributed by atoms with Crippen molar-refractivity contribution < 1.29 is 14.3 Å². The second-order valence-corrected chi connectivity index (χ2v) is 5.22. The van der Waals surface area contributed by atoms with Crippen molar-refractivity contribution in [2.24, 2.45) is 0 Å². The van der Waals surface area contributed by atoms with Crippen LogP contribution in [0.25, 0.3) is 0 Å². The Morgan fingerprint density at radius 2 is 1.64 bits per heavy atom. The summed E-state index contributed by atoms with van der Waals surface area (Å²) in [6, 6.07) is 13.0. The molecular weight excluding hydrogens is 278 g/mol. The summed E-state index contributed by atoms with van der Waals surface area (Å²) in [5, 5.41) is 2.82.